The van der Waals surface area contributed by atoms with Crippen LogP contribution in [0.4, 0.5) is 5.69 Å². The summed E-state index contributed by atoms with van der Waals surface area (Å²) in [5.41, 5.74) is 7.52. The van der Waals surface area contributed by atoms with Gasteiger partial charge in [-0.15, -0.1) is 0 Å². The summed E-state index contributed by atoms with van der Waals surface area (Å²) in [5, 5.41) is 21.7. The molecule has 0 radical (unpaired) electrons. The van der Waals surface area contributed by atoms with Gasteiger partial charge in [-0.2, -0.15) is 4.89 Å². The quantitative estimate of drug-likeness (QED) is 0.182. The van der Waals surface area contributed by atoms with E-state index in [1.807, 2.05) is 6.07 Å². The molecule has 1 heterocycles. The molecule has 1 amide bonds. The van der Waals surface area contributed by atoms with E-state index in [4.69, 9.17) is 25.7 Å². The molecule has 0 atom stereocenters. The summed E-state index contributed by atoms with van der Waals surface area (Å²) in [6, 6.07) is 19.9. The third-order valence-electron chi connectivity index (χ3n) is 5.51. The van der Waals surface area contributed by atoms with Gasteiger partial charge >= 0.3 is 5.97 Å². The van der Waals surface area contributed by atoms with Gasteiger partial charge in [0.15, 0.2) is 5.75 Å². The van der Waals surface area contributed by atoms with Gasteiger partial charge < -0.3 is 25.8 Å². The van der Waals surface area contributed by atoms with Gasteiger partial charge in [0.2, 0.25) is 0 Å². The minimum atomic E-state index is -1.20. The first-order chi connectivity index (χ1) is 16.9. The van der Waals surface area contributed by atoms with Crippen LogP contribution in [0.25, 0.3) is 10.8 Å². The molecule has 0 unspecified atom stereocenters. The highest BCUT2D eigenvalue weighted by atomic mass is 17.2. The fourth-order valence-corrected chi connectivity index (χ4v) is 3.70. The standard InChI is InChI=1S/C26H19N3O6/c27-24(28)16-2-1-15-10-20(7-5-14(15)9-16)34-22-8-6-19(12-21(22)26(31)32)29-25(30)17-3-4-18-13-33-35-23(18)11-17/h1-12H,13H2,(H3,27,28)(H,29,30)(H,31,32). The minimum Gasteiger partial charge on any atom is -0.478 e. The second-order valence-corrected chi connectivity index (χ2v) is 7.88. The summed E-state index contributed by atoms with van der Waals surface area (Å²) >= 11 is 0. The van der Waals surface area contributed by atoms with E-state index >= 15 is 0 Å². The summed E-state index contributed by atoms with van der Waals surface area (Å²) in [4.78, 5) is 34.5. The smallest absolute Gasteiger partial charge is 0.339 e. The van der Waals surface area contributed by atoms with Crippen molar-refractivity contribution in [3.05, 3.63) is 95.1 Å². The Balaban J connectivity index is 1.37. The molecule has 4 aromatic carbocycles. The summed E-state index contributed by atoms with van der Waals surface area (Å²) in [7, 11) is 0. The zero-order chi connectivity index (χ0) is 24.5. The highest BCUT2D eigenvalue weighted by Crippen LogP contribution is 2.31. The summed E-state index contributed by atoms with van der Waals surface area (Å²) in [6.45, 7) is 0.317. The van der Waals surface area contributed by atoms with E-state index in [0.717, 1.165) is 16.3 Å². The Bertz CT molecular complexity index is 1510. The summed E-state index contributed by atoms with van der Waals surface area (Å²) in [6.07, 6.45) is 0. The molecule has 1 aliphatic heterocycles. The number of amides is 1. The van der Waals surface area contributed by atoms with Crippen LogP contribution in [0.15, 0.2) is 72.8 Å². The first-order valence-corrected chi connectivity index (χ1v) is 10.5. The van der Waals surface area contributed by atoms with Crippen molar-refractivity contribution in [2.45, 2.75) is 6.61 Å². The molecule has 35 heavy (non-hydrogen) atoms. The molecule has 5 rings (SSSR count). The molecule has 0 aromatic heterocycles. The number of amidine groups is 1. The van der Waals surface area contributed by atoms with Gasteiger partial charge in [-0.05, 0) is 59.3 Å². The van der Waals surface area contributed by atoms with Crippen LogP contribution in [0, 0.1) is 5.41 Å². The molecule has 0 saturated carbocycles. The monoisotopic (exact) mass is 469 g/mol. The Morgan fingerprint density at radius 2 is 1.71 bits per heavy atom. The number of aromatic carboxylic acids is 1. The van der Waals surface area contributed by atoms with E-state index in [-0.39, 0.29) is 17.1 Å². The maximum Gasteiger partial charge on any atom is 0.339 e. The fraction of sp³-hybridized carbons (Fsp3) is 0.0385. The number of carbonyl (C=O) groups is 2. The molecule has 0 saturated heterocycles. The Morgan fingerprint density at radius 1 is 0.943 bits per heavy atom. The van der Waals surface area contributed by atoms with Crippen molar-refractivity contribution in [3.8, 4) is 17.2 Å². The number of fused-ring (bicyclic) bond motifs is 2. The zero-order valence-electron chi connectivity index (χ0n) is 18.2. The van der Waals surface area contributed by atoms with Crippen LogP contribution in [0.5, 0.6) is 17.2 Å². The zero-order valence-corrected chi connectivity index (χ0v) is 18.2. The number of anilines is 1. The van der Waals surface area contributed by atoms with E-state index in [2.05, 4.69) is 5.32 Å². The third kappa shape index (κ3) is 4.48. The van der Waals surface area contributed by atoms with Crippen LogP contribution in [-0.4, -0.2) is 22.8 Å². The normalized spacial score (nSPS) is 12.0. The fourth-order valence-electron chi connectivity index (χ4n) is 3.70. The maximum absolute atomic E-state index is 12.7. The third-order valence-corrected chi connectivity index (χ3v) is 5.51. The van der Waals surface area contributed by atoms with E-state index < -0.39 is 11.9 Å². The van der Waals surface area contributed by atoms with Gasteiger partial charge in [0.1, 0.15) is 29.5 Å². The molecular formula is C26H19N3O6. The number of hydrogen-bond donors (Lipinski definition) is 4. The molecule has 4 aromatic rings. The highest BCUT2D eigenvalue weighted by Gasteiger charge is 2.18. The SMILES string of the molecule is N=C(N)c1ccc2cc(Oc3ccc(NC(=O)c4ccc5c(c4)OOC5)cc3C(=O)O)ccc2c1. The van der Waals surface area contributed by atoms with Crippen LogP contribution in [-0.2, 0) is 11.5 Å². The molecule has 0 spiro atoms. The van der Waals surface area contributed by atoms with Crippen molar-refractivity contribution in [2.75, 3.05) is 5.32 Å². The Hall–Kier alpha value is -4.89. The van der Waals surface area contributed by atoms with Crippen LogP contribution in [0.2, 0.25) is 0 Å². The Morgan fingerprint density at radius 3 is 2.51 bits per heavy atom. The Labute approximate surface area is 199 Å². The van der Waals surface area contributed by atoms with E-state index in [1.165, 1.54) is 12.1 Å². The second-order valence-electron chi connectivity index (χ2n) is 7.88. The minimum absolute atomic E-state index is 0.0240. The summed E-state index contributed by atoms with van der Waals surface area (Å²) in [5.74, 6) is -0.616. The average molecular weight is 469 g/mol. The van der Waals surface area contributed by atoms with Crippen molar-refractivity contribution in [2.24, 2.45) is 5.73 Å². The number of nitrogen functional groups attached to an aromatic ring is 1. The van der Waals surface area contributed by atoms with E-state index in [1.54, 1.807) is 54.6 Å². The molecule has 0 fully saturated rings. The van der Waals surface area contributed by atoms with Gasteiger partial charge in [-0.25, -0.2) is 4.79 Å². The van der Waals surface area contributed by atoms with Gasteiger partial charge in [-0.1, -0.05) is 24.3 Å². The van der Waals surface area contributed by atoms with Crippen molar-refractivity contribution in [3.63, 3.8) is 0 Å². The number of carbonyl (C=O) groups excluding carboxylic acids is 1. The van der Waals surface area contributed by atoms with Crippen LogP contribution in [0.1, 0.15) is 31.8 Å². The number of carboxylic acids is 1. The molecule has 174 valence electrons. The lowest BCUT2D eigenvalue weighted by molar-refractivity contribution is -0.194. The van der Waals surface area contributed by atoms with Gasteiger partial charge in [0.25, 0.3) is 5.91 Å². The average Bonchev–Trinajstić information content (AvgIpc) is 3.32. The molecule has 1 aliphatic rings. The van der Waals surface area contributed by atoms with E-state index in [9.17, 15) is 14.7 Å². The number of benzene rings is 4. The van der Waals surface area contributed by atoms with Crippen molar-refractivity contribution in [1.82, 2.24) is 0 Å². The largest absolute Gasteiger partial charge is 0.478 e. The highest BCUT2D eigenvalue weighted by molar-refractivity contribution is 6.05. The predicted molar refractivity (Wildman–Crippen MR) is 128 cm³/mol. The number of nitrogens with two attached hydrogens (primary N) is 1. The van der Waals surface area contributed by atoms with Crippen LogP contribution < -0.4 is 20.7 Å². The van der Waals surface area contributed by atoms with Crippen LogP contribution in [0.3, 0.4) is 0 Å². The Kier molecular flexibility index (Phi) is 5.52. The molecule has 5 N–H and O–H groups in total. The van der Waals surface area contributed by atoms with E-state index in [0.29, 0.717) is 34.9 Å². The van der Waals surface area contributed by atoms with Crippen molar-refractivity contribution < 1.29 is 29.2 Å². The lowest BCUT2D eigenvalue weighted by Gasteiger charge is -2.12. The molecule has 0 bridgehead atoms. The topological polar surface area (TPSA) is 144 Å². The maximum atomic E-state index is 12.7. The lowest BCUT2D eigenvalue weighted by atomic mass is 10.1. The molecular weight excluding hydrogens is 450 g/mol. The first kappa shape index (κ1) is 21.9. The first-order valence-electron chi connectivity index (χ1n) is 10.5. The van der Waals surface area contributed by atoms with Crippen molar-refractivity contribution >= 4 is 34.2 Å². The molecule has 9 nitrogen and oxygen atoms in total. The van der Waals surface area contributed by atoms with Crippen molar-refractivity contribution in [1.29, 1.82) is 5.41 Å². The van der Waals surface area contributed by atoms with Gasteiger partial charge in [0.05, 0.1) is 0 Å². The van der Waals surface area contributed by atoms with Crippen LogP contribution >= 0.6 is 0 Å². The van der Waals surface area contributed by atoms with Gasteiger partial charge in [0, 0.05) is 22.4 Å². The number of nitrogens with one attached hydrogen (secondary N) is 2. The molecule has 0 aliphatic carbocycles. The number of carboxylic acid groups (broad SMARTS) is 1. The number of hydrogen-bond acceptors (Lipinski definition) is 6. The second kappa shape index (κ2) is 8.81. The molecule has 9 heteroatoms. The lowest BCUT2D eigenvalue weighted by Crippen LogP contribution is -2.12. The predicted octanol–water partition coefficient (Wildman–Crippen LogP) is 4.69. The summed E-state index contributed by atoms with van der Waals surface area (Å²) < 4.78 is 5.86. The number of ether oxygens (including phenoxy) is 1. The number of rotatable bonds is 6. The van der Waals surface area contributed by atoms with Gasteiger partial charge in [-0.3, -0.25) is 10.2 Å².